The van der Waals surface area contributed by atoms with Crippen LogP contribution in [0.1, 0.15) is 39.0 Å². The van der Waals surface area contributed by atoms with Crippen molar-refractivity contribution in [2.45, 2.75) is 19.0 Å². The number of aromatic amines is 1. The zero-order valence-corrected chi connectivity index (χ0v) is 17.9. The number of halogens is 3. The van der Waals surface area contributed by atoms with Crippen LogP contribution in [0.15, 0.2) is 73.3 Å². The molecule has 6 nitrogen and oxygen atoms in total. The highest BCUT2D eigenvalue weighted by atomic mass is 19.4. The Morgan fingerprint density at radius 3 is 2.65 bits per heavy atom. The molecule has 34 heavy (non-hydrogen) atoms. The molecule has 0 aliphatic rings. The topological polar surface area (TPSA) is 75.6 Å². The third-order valence-electron chi connectivity index (χ3n) is 5.06. The summed E-state index contributed by atoms with van der Waals surface area (Å²) in [7, 11) is 0. The number of carbonyl (C=O) groups is 1. The summed E-state index contributed by atoms with van der Waals surface area (Å²) in [6, 6.07) is 11.7. The molecule has 0 saturated heterocycles. The van der Waals surface area contributed by atoms with Crippen molar-refractivity contribution in [1.82, 2.24) is 25.3 Å². The molecule has 2 aromatic carbocycles. The fraction of sp³-hybridized carbons (Fsp3) is 0.160. The zero-order valence-electron chi connectivity index (χ0n) is 17.9. The van der Waals surface area contributed by atoms with Gasteiger partial charge in [-0.1, -0.05) is 24.0 Å². The second-order valence-electron chi connectivity index (χ2n) is 7.44. The van der Waals surface area contributed by atoms with Crippen molar-refractivity contribution >= 4 is 5.91 Å². The van der Waals surface area contributed by atoms with E-state index in [0.29, 0.717) is 23.4 Å². The maximum Gasteiger partial charge on any atom is 0.417 e. The SMILES string of the molecule is O=C(NCCCc1cn[nH]c1)c1ccc(-n2cccn2)c(C#Cc2ccccc2C(F)(F)F)c1. The molecule has 9 heteroatoms. The van der Waals surface area contributed by atoms with E-state index in [4.69, 9.17) is 0 Å². The molecule has 2 N–H and O–H groups in total. The molecule has 0 radical (unpaired) electrons. The number of benzene rings is 2. The van der Waals surface area contributed by atoms with Gasteiger partial charge in [-0.2, -0.15) is 23.4 Å². The second kappa shape index (κ2) is 10.1. The average Bonchev–Trinajstić information content (AvgIpc) is 3.54. The smallest absolute Gasteiger partial charge is 0.352 e. The number of aromatic nitrogens is 4. The lowest BCUT2D eigenvalue weighted by atomic mass is 10.0. The number of aryl methyl sites for hydroxylation is 1. The summed E-state index contributed by atoms with van der Waals surface area (Å²) >= 11 is 0. The molecular formula is C25H20F3N5O. The minimum absolute atomic E-state index is 0.143. The van der Waals surface area contributed by atoms with Crippen molar-refractivity contribution in [1.29, 1.82) is 0 Å². The quantitative estimate of drug-likeness (QED) is 0.329. The number of hydrogen-bond donors (Lipinski definition) is 2. The molecule has 0 fully saturated rings. The Labute approximate surface area is 193 Å². The molecule has 0 aliphatic heterocycles. The fourth-order valence-corrected chi connectivity index (χ4v) is 3.37. The van der Waals surface area contributed by atoms with Gasteiger partial charge in [0.05, 0.1) is 23.0 Å². The van der Waals surface area contributed by atoms with Crippen LogP contribution in [0.3, 0.4) is 0 Å². The van der Waals surface area contributed by atoms with E-state index in [9.17, 15) is 18.0 Å². The third-order valence-corrected chi connectivity index (χ3v) is 5.06. The number of carbonyl (C=O) groups excluding carboxylic acids is 1. The van der Waals surface area contributed by atoms with E-state index in [0.717, 1.165) is 24.5 Å². The number of amides is 1. The molecule has 0 atom stereocenters. The lowest BCUT2D eigenvalue weighted by molar-refractivity contribution is -0.137. The van der Waals surface area contributed by atoms with Crippen molar-refractivity contribution < 1.29 is 18.0 Å². The molecule has 172 valence electrons. The van der Waals surface area contributed by atoms with Gasteiger partial charge in [-0.05, 0) is 54.8 Å². The molecule has 0 unspecified atom stereocenters. The van der Waals surface area contributed by atoms with Crippen LogP contribution in [-0.2, 0) is 12.6 Å². The first-order chi connectivity index (χ1) is 16.4. The highest BCUT2D eigenvalue weighted by molar-refractivity contribution is 5.95. The first kappa shape index (κ1) is 22.9. The summed E-state index contributed by atoms with van der Waals surface area (Å²) in [5.41, 5.74) is 1.39. The van der Waals surface area contributed by atoms with E-state index < -0.39 is 11.7 Å². The first-order valence-electron chi connectivity index (χ1n) is 10.5. The number of alkyl halides is 3. The van der Waals surface area contributed by atoms with E-state index in [-0.39, 0.29) is 11.5 Å². The largest absolute Gasteiger partial charge is 0.417 e. The van der Waals surface area contributed by atoms with Gasteiger partial charge in [0.25, 0.3) is 5.91 Å². The Bertz CT molecular complexity index is 1320. The number of nitrogens with one attached hydrogen (secondary N) is 2. The van der Waals surface area contributed by atoms with Crippen LogP contribution in [-0.4, -0.2) is 32.4 Å². The Balaban J connectivity index is 1.58. The van der Waals surface area contributed by atoms with Gasteiger partial charge in [0.15, 0.2) is 0 Å². The maximum absolute atomic E-state index is 13.3. The predicted octanol–water partition coefficient (Wildman–Crippen LogP) is 4.38. The minimum atomic E-state index is -4.52. The summed E-state index contributed by atoms with van der Waals surface area (Å²) in [5.74, 6) is 5.14. The molecule has 2 aromatic heterocycles. The van der Waals surface area contributed by atoms with Crippen LogP contribution in [0.4, 0.5) is 13.2 Å². The van der Waals surface area contributed by atoms with E-state index in [1.807, 2.05) is 0 Å². The lowest BCUT2D eigenvalue weighted by Crippen LogP contribution is -2.25. The number of hydrogen-bond acceptors (Lipinski definition) is 3. The van der Waals surface area contributed by atoms with E-state index in [1.165, 1.54) is 18.2 Å². The molecule has 0 saturated carbocycles. The third kappa shape index (κ3) is 5.53. The summed E-state index contributed by atoms with van der Waals surface area (Å²) in [5, 5.41) is 13.7. The number of nitrogens with zero attached hydrogens (tertiary/aromatic N) is 3. The lowest BCUT2D eigenvalue weighted by Gasteiger charge is -2.10. The van der Waals surface area contributed by atoms with E-state index in [1.54, 1.807) is 53.7 Å². The van der Waals surface area contributed by atoms with Crippen LogP contribution in [0, 0.1) is 11.8 Å². The fourth-order valence-electron chi connectivity index (χ4n) is 3.37. The van der Waals surface area contributed by atoms with Crippen LogP contribution in [0.25, 0.3) is 5.69 Å². The van der Waals surface area contributed by atoms with Gasteiger partial charge in [0.2, 0.25) is 0 Å². The minimum Gasteiger partial charge on any atom is -0.352 e. The van der Waals surface area contributed by atoms with Gasteiger partial charge in [-0.25, -0.2) is 4.68 Å². The highest BCUT2D eigenvalue weighted by Gasteiger charge is 2.32. The van der Waals surface area contributed by atoms with Crippen molar-refractivity contribution in [2.24, 2.45) is 0 Å². The van der Waals surface area contributed by atoms with Gasteiger partial charge >= 0.3 is 6.18 Å². The van der Waals surface area contributed by atoms with Gasteiger partial charge in [0, 0.05) is 36.3 Å². The molecule has 0 bridgehead atoms. The molecule has 1 amide bonds. The van der Waals surface area contributed by atoms with Crippen LogP contribution < -0.4 is 5.32 Å². The normalized spacial score (nSPS) is 11.0. The summed E-state index contributed by atoms with van der Waals surface area (Å²) in [6.07, 6.45) is 3.79. The van der Waals surface area contributed by atoms with E-state index in [2.05, 4.69) is 32.5 Å². The van der Waals surface area contributed by atoms with Crippen LogP contribution in [0.2, 0.25) is 0 Å². The van der Waals surface area contributed by atoms with Crippen molar-refractivity contribution in [3.63, 3.8) is 0 Å². The monoisotopic (exact) mass is 463 g/mol. The first-order valence-corrected chi connectivity index (χ1v) is 10.5. The highest BCUT2D eigenvalue weighted by Crippen LogP contribution is 2.31. The van der Waals surface area contributed by atoms with Gasteiger partial charge in [-0.3, -0.25) is 9.89 Å². The van der Waals surface area contributed by atoms with Gasteiger partial charge in [-0.15, -0.1) is 0 Å². The molecule has 4 aromatic rings. The van der Waals surface area contributed by atoms with Crippen molar-refractivity contribution in [3.8, 4) is 17.5 Å². The zero-order chi connectivity index (χ0) is 24.0. The summed E-state index contributed by atoms with van der Waals surface area (Å²) < 4.78 is 41.6. The van der Waals surface area contributed by atoms with E-state index >= 15 is 0 Å². The summed E-state index contributed by atoms with van der Waals surface area (Å²) in [6.45, 7) is 0.463. The van der Waals surface area contributed by atoms with Crippen LogP contribution >= 0.6 is 0 Å². The predicted molar refractivity (Wildman–Crippen MR) is 120 cm³/mol. The van der Waals surface area contributed by atoms with Gasteiger partial charge in [0.1, 0.15) is 0 Å². The Hall–Kier alpha value is -4.32. The maximum atomic E-state index is 13.3. The molecule has 4 rings (SSSR count). The molecule has 0 spiro atoms. The summed E-state index contributed by atoms with van der Waals surface area (Å²) in [4.78, 5) is 12.7. The molecule has 2 heterocycles. The number of rotatable bonds is 6. The van der Waals surface area contributed by atoms with Crippen molar-refractivity contribution in [3.05, 3.63) is 101 Å². The van der Waals surface area contributed by atoms with Gasteiger partial charge < -0.3 is 5.32 Å². The molecular weight excluding hydrogens is 443 g/mol. The Morgan fingerprint density at radius 2 is 1.91 bits per heavy atom. The Morgan fingerprint density at radius 1 is 1.09 bits per heavy atom. The average molecular weight is 463 g/mol. The standard InChI is InChI=1S/C25H20F3N5O/c26-25(27,28)22-7-2-1-6-19(22)8-9-20-15-21(10-11-23(20)33-14-4-13-32-33)24(34)29-12-3-5-18-16-30-31-17-18/h1-2,4,6-7,10-11,13-17H,3,5,12H2,(H,29,34)(H,30,31). The van der Waals surface area contributed by atoms with Crippen LogP contribution in [0.5, 0.6) is 0 Å². The number of H-pyrrole nitrogens is 1. The Kier molecular flexibility index (Phi) is 6.78. The van der Waals surface area contributed by atoms with Crippen molar-refractivity contribution in [2.75, 3.05) is 6.54 Å². The molecule has 0 aliphatic carbocycles. The second-order valence-corrected chi connectivity index (χ2v) is 7.44.